The van der Waals surface area contributed by atoms with E-state index >= 15 is 0 Å². The smallest absolute Gasteiger partial charge is 0.250 e. The van der Waals surface area contributed by atoms with Crippen molar-refractivity contribution in [3.63, 3.8) is 0 Å². The molecule has 0 spiro atoms. The molecule has 3 nitrogen and oxygen atoms in total. The molecule has 2 aromatic rings. The van der Waals surface area contributed by atoms with Crippen LogP contribution in [0.2, 0.25) is 5.02 Å². The van der Waals surface area contributed by atoms with Crippen molar-refractivity contribution in [2.75, 3.05) is 5.32 Å². The summed E-state index contributed by atoms with van der Waals surface area (Å²) < 4.78 is 0. The molecule has 0 radical (unpaired) electrons. The van der Waals surface area contributed by atoms with Crippen LogP contribution in [0.4, 0.5) is 5.69 Å². The molecule has 2 N–H and O–H groups in total. The number of carbonyl (C=O) groups excluding carboxylic acids is 1. The highest BCUT2D eigenvalue weighted by molar-refractivity contribution is 7.80. The lowest BCUT2D eigenvalue weighted by molar-refractivity contribution is -0.115. The molecule has 1 unspecified atom stereocenters. The van der Waals surface area contributed by atoms with Crippen LogP contribution in [0.5, 0.6) is 0 Å². The molecule has 0 saturated heterocycles. The van der Waals surface area contributed by atoms with Crippen LogP contribution >= 0.6 is 23.8 Å². The Morgan fingerprint density at radius 3 is 2.56 bits per heavy atom. The van der Waals surface area contributed by atoms with Crippen LogP contribution in [0.15, 0.2) is 54.6 Å². The summed E-state index contributed by atoms with van der Waals surface area (Å²) in [5.74, 6) is 0.125. The first-order valence-corrected chi connectivity index (χ1v) is 8.92. The van der Waals surface area contributed by atoms with Crippen LogP contribution < -0.4 is 10.6 Å². The number of para-hydroxylation sites is 1. The fraction of sp³-hybridized carbons (Fsp3) is 0.200. The molecule has 0 fully saturated rings. The number of hydrogen-bond acceptors (Lipinski definition) is 2. The van der Waals surface area contributed by atoms with Crippen molar-refractivity contribution in [2.45, 2.75) is 26.2 Å². The lowest BCUT2D eigenvalue weighted by Gasteiger charge is -2.16. The fourth-order valence-corrected chi connectivity index (χ4v) is 2.65. The SMILES string of the molecule is CCC(C)c1ccccc1NC(=S)NC(=O)C=Cc1ccc(Cl)cc1. The predicted octanol–water partition coefficient (Wildman–Crippen LogP) is 5.38. The van der Waals surface area contributed by atoms with Gasteiger partial charge in [0.1, 0.15) is 0 Å². The zero-order chi connectivity index (χ0) is 18.2. The molecule has 5 heteroatoms. The van der Waals surface area contributed by atoms with E-state index in [9.17, 15) is 4.79 Å². The van der Waals surface area contributed by atoms with Gasteiger partial charge in [-0.15, -0.1) is 0 Å². The minimum Gasteiger partial charge on any atom is -0.332 e. The van der Waals surface area contributed by atoms with Crippen LogP contribution in [-0.2, 0) is 4.79 Å². The second kappa shape index (κ2) is 9.35. The highest BCUT2D eigenvalue weighted by atomic mass is 35.5. The highest BCUT2D eigenvalue weighted by Gasteiger charge is 2.10. The summed E-state index contributed by atoms with van der Waals surface area (Å²) in [6.45, 7) is 4.31. The predicted molar refractivity (Wildman–Crippen MR) is 110 cm³/mol. The Morgan fingerprint density at radius 2 is 1.88 bits per heavy atom. The molecule has 0 aliphatic heterocycles. The standard InChI is InChI=1S/C20H21ClN2OS/c1-3-14(2)17-6-4-5-7-18(17)22-20(25)23-19(24)13-10-15-8-11-16(21)12-9-15/h4-14H,3H2,1-2H3,(H2,22,23,24,25). The number of nitrogens with one attached hydrogen (secondary N) is 2. The largest absolute Gasteiger partial charge is 0.332 e. The maximum absolute atomic E-state index is 12.0. The molecule has 0 aliphatic carbocycles. The summed E-state index contributed by atoms with van der Waals surface area (Å²) in [6.07, 6.45) is 4.18. The lowest BCUT2D eigenvalue weighted by Crippen LogP contribution is -2.33. The second-order valence-electron chi connectivity index (χ2n) is 5.72. The van der Waals surface area contributed by atoms with Crippen molar-refractivity contribution < 1.29 is 4.79 Å². The Balaban J connectivity index is 1.96. The van der Waals surface area contributed by atoms with Gasteiger partial charge in [0.05, 0.1) is 0 Å². The summed E-state index contributed by atoms with van der Waals surface area (Å²) in [5, 5.41) is 6.71. The number of thiocarbonyl (C=S) groups is 1. The molecule has 0 aliphatic rings. The Bertz CT molecular complexity index is 772. The molecule has 25 heavy (non-hydrogen) atoms. The summed E-state index contributed by atoms with van der Waals surface area (Å²) >= 11 is 11.1. The van der Waals surface area contributed by atoms with Crippen LogP contribution in [0.25, 0.3) is 6.08 Å². The van der Waals surface area contributed by atoms with Crippen LogP contribution in [-0.4, -0.2) is 11.0 Å². The quantitative estimate of drug-likeness (QED) is 0.546. The fourth-order valence-electron chi connectivity index (χ4n) is 2.31. The first-order chi connectivity index (χ1) is 12.0. The van der Waals surface area contributed by atoms with Crippen LogP contribution in [0, 0.1) is 0 Å². The molecule has 0 aromatic heterocycles. The third kappa shape index (κ3) is 6.00. The Kier molecular flexibility index (Phi) is 7.16. The van der Waals surface area contributed by atoms with Crippen molar-refractivity contribution in [3.05, 3.63) is 70.8 Å². The average molecular weight is 373 g/mol. The molecular formula is C20H21ClN2OS. The van der Waals surface area contributed by atoms with Gasteiger partial charge in [-0.3, -0.25) is 10.1 Å². The van der Waals surface area contributed by atoms with Gasteiger partial charge in [-0.2, -0.15) is 0 Å². The van der Waals surface area contributed by atoms with E-state index in [1.54, 1.807) is 18.2 Å². The Labute approximate surface area is 159 Å². The minimum atomic E-state index is -0.284. The minimum absolute atomic E-state index is 0.279. The lowest BCUT2D eigenvalue weighted by atomic mass is 9.97. The summed E-state index contributed by atoms with van der Waals surface area (Å²) in [7, 11) is 0. The first-order valence-electron chi connectivity index (χ1n) is 8.14. The van der Waals surface area contributed by atoms with E-state index in [4.69, 9.17) is 23.8 Å². The normalized spacial score (nSPS) is 12.0. The molecule has 0 heterocycles. The van der Waals surface area contributed by atoms with Crippen molar-refractivity contribution >= 4 is 46.6 Å². The van der Waals surface area contributed by atoms with Gasteiger partial charge in [-0.1, -0.05) is 55.8 Å². The zero-order valence-electron chi connectivity index (χ0n) is 14.3. The molecular weight excluding hydrogens is 352 g/mol. The Hall–Kier alpha value is -2.17. The molecule has 1 amide bonds. The molecule has 0 bridgehead atoms. The molecule has 130 valence electrons. The van der Waals surface area contributed by atoms with Gasteiger partial charge < -0.3 is 5.32 Å². The summed E-state index contributed by atoms with van der Waals surface area (Å²) in [5.41, 5.74) is 2.99. The van der Waals surface area contributed by atoms with E-state index in [1.165, 1.54) is 11.6 Å². The third-order valence-electron chi connectivity index (χ3n) is 3.89. The van der Waals surface area contributed by atoms with E-state index in [1.807, 2.05) is 30.3 Å². The number of rotatable bonds is 5. The molecule has 2 aromatic carbocycles. The molecule has 1 atom stereocenters. The molecule has 2 rings (SSSR count). The number of halogens is 1. The first kappa shape index (κ1) is 19.2. The van der Waals surface area contributed by atoms with Crippen LogP contribution in [0.3, 0.4) is 0 Å². The third-order valence-corrected chi connectivity index (χ3v) is 4.34. The summed E-state index contributed by atoms with van der Waals surface area (Å²) in [4.78, 5) is 12.0. The van der Waals surface area contributed by atoms with Gasteiger partial charge in [-0.05, 0) is 60.0 Å². The highest BCUT2D eigenvalue weighted by Crippen LogP contribution is 2.26. The number of amides is 1. The van der Waals surface area contributed by atoms with E-state index < -0.39 is 0 Å². The van der Waals surface area contributed by atoms with E-state index in [2.05, 4.69) is 30.5 Å². The van der Waals surface area contributed by atoms with E-state index in [0.717, 1.165) is 17.7 Å². The summed E-state index contributed by atoms with van der Waals surface area (Å²) in [6, 6.07) is 15.2. The average Bonchev–Trinajstić information content (AvgIpc) is 2.61. The topological polar surface area (TPSA) is 41.1 Å². The van der Waals surface area contributed by atoms with Crippen molar-refractivity contribution in [3.8, 4) is 0 Å². The maximum Gasteiger partial charge on any atom is 0.250 e. The van der Waals surface area contributed by atoms with Crippen LogP contribution in [0.1, 0.15) is 37.3 Å². The van der Waals surface area contributed by atoms with Crippen molar-refractivity contribution in [1.82, 2.24) is 5.32 Å². The van der Waals surface area contributed by atoms with Gasteiger partial charge in [0.2, 0.25) is 5.91 Å². The number of carbonyl (C=O) groups is 1. The number of hydrogen-bond donors (Lipinski definition) is 2. The van der Waals surface area contributed by atoms with Crippen molar-refractivity contribution in [2.24, 2.45) is 0 Å². The van der Waals surface area contributed by atoms with Crippen molar-refractivity contribution in [1.29, 1.82) is 0 Å². The number of anilines is 1. The molecule has 0 saturated carbocycles. The Morgan fingerprint density at radius 1 is 1.20 bits per heavy atom. The zero-order valence-corrected chi connectivity index (χ0v) is 15.8. The number of benzene rings is 2. The van der Waals surface area contributed by atoms with Gasteiger partial charge in [0.25, 0.3) is 0 Å². The second-order valence-corrected chi connectivity index (χ2v) is 6.57. The maximum atomic E-state index is 12.0. The van der Waals surface area contributed by atoms with Gasteiger partial charge in [-0.25, -0.2) is 0 Å². The van der Waals surface area contributed by atoms with E-state index in [0.29, 0.717) is 10.9 Å². The van der Waals surface area contributed by atoms with E-state index in [-0.39, 0.29) is 11.0 Å². The van der Waals surface area contributed by atoms with Gasteiger partial charge in [0.15, 0.2) is 5.11 Å². The van der Waals surface area contributed by atoms with Gasteiger partial charge in [0, 0.05) is 16.8 Å². The monoisotopic (exact) mass is 372 g/mol. The van der Waals surface area contributed by atoms with Gasteiger partial charge >= 0.3 is 0 Å².